The highest BCUT2D eigenvalue weighted by atomic mass is 15.1. The van der Waals surface area contributed by atoms with Crippen molar-refractivity contribution < 1.29 is 0 Å². The number of benzene rings is 2. The van der Waals surface area contributed by atoms with Crippen LogP contribution in [0.3, 0.4) is 0 Å². The standard InChI is InChI=1S/C17H22N2/c1-13-4-6-15(7-5-13)12-19(3)17-10-8-16(9-11-17)14(2)18/h4-11,14H,12,18H2,1-3H3/t14-/m1/s1. The van der Waals surface area contributed by atoms with Crippen molar-refractivity contribution in [3.8, 4) is 0 Å². The molecule has 0 saturated carbocycles. The van der Waals surface area contributed by atoms with Gasteiger partial charge >= 0.3 is 0 Å². The van der Waals surface area contributed by atoms with Crippen LogP contribution in [-0.4, -0.2) is 7.05 Å². The van der Waals surface area contributed by atoms with Crippen LogP contribution >= 0.6 is 0 Å². The molecule has 0 radical (unpaired) electrons. The zero-order chi connectivity index (χ0) is 13.8. The Morgan fingerprint density at radius 1 is 1.00 bits per heavy atom. The molecule has 0 unspecified atom stereocenters. The summed E-state index contributed by atoms with van der Waals surface area (Å²) >= 11 is 0. The van der Waals surface area contributed by atoms with Gasteiger partial charge in [-0.2, -0.15) is 0 Å². The normalized spacial score (nSPS) is 12.2. The monoisotopic (exact) mass is 254 g/mol. The maximum Gasteiger partial charge on any atom is 0.0426 e. The second kappa shape index (κ2) is 5.89. The van der Waals surface area contributed by atoms with E-state index in [0.29, 0.717) is 0 Å². The average Bonchev–Trinajstić information content (AvgIpc) is 2.41. The van der Waals surface area contributed by atoms with Gasteiger partial charge in [0, 0.05) is 25.3 Å². The summed E-state index contributed by atoms with van der Waals surface area (Å²) in [6.45, 7) is 5.03. The second-order valence-electron chi connectivity index (χ2n) is 5.22. The summed E-state index contributed by atoms with van der Waals surface area (Å²) in [5, 5.41) is 0. The molecule has 2 aromatic carbocycles. The lowest BCUT2D eigenvalue weighted by atomic mass is 10.1. The Morgan fingerprint density at radius 2 is 1.58 bits per heavy atom. The van der Waals surface area contributed by atoms with Gasteiger partial charge in [0.2, 0.25) is 0 Å². The first-order chi connectivity index (χ1) is 9.06. The smallest absolute Gasteiger partial charge is 0.0426 e. The fraction of sp³-hybridized carbons (Fsp3) is 0.294. The van der Waals surface area contributed by atoms with Gasteiger partial charge in [-0.05, 0) is 37.1 Å². The van der Waals surface area contributed by atoms with Crippen LogP contribution in [0.2, 0.25) is 0 Å². The molecule has 2 nitrogen and oxygen atoms in total. The Kier molecular flexibility index (Phi) is 4.23. The molecule has 0 fully saturated rings. The average molecular weight is 254 g/mol. The Morgan fingerprint density at radius 3 is 2.11 bits per heavy atom. The summed E-state index contributed by atoms with van der Waals surface area (Å²) in [5.41, 5.74) is 10.9. The van der Waals surface area contributed by atoms with Gasteiger partial charge in [0.25, 0.3) is 0 Å². The van der Waals surface area contributed by atoms with E-state index in [1.807, 2.05) is 6.92 Å². The summed E-state index contributed by atoms with van der Waals surface area (Å²) in [6.07, 6.45) is 0. The summed E-state index contributed by atoms with van der Waals surface area (Å²) in [6, 6.07) is 17.2. The minimum Gasteiger partial charge on any atom is -0.370 e. The van der Waals surface area contributed by atoms with Gasteiger partial charge in [-0.25, -0.2) is 0 Å². The molecule has 2 aromatic rings. The van der Waals surface area contributed by atoms with Crippen molar-refractivity contribution in [1.29, 1.82) is 0 Å². The maximum absolute atomic E-state index is 5.86. The van der Waals surface area contributed by atoms with E-state index in [1.165, 1.54) is 22.4 Å². The Hall–Kier alpha value is -1.80. The van der Waals surface area contributed by atoms with Crippen molar-refractivity contribution in [3.63, 3.8) is 0 Å². The van der Waals surface area contributed by atoms with Crippen molar-refractivity contribution in [3.05, 3.63) is 65.2 Å². The quantitative estimate of drug-likeness (QED) is 0.902. The number of anilines is 1. The van der Waals surface area contributed by atoms with Crippen molar-refractivity contribution in [2.75, 3.05) is 11.9 Å². The molecule has 0 aliphatic heterocycles. The van der Waals surface area contributed by atoms with Crippen LogP contribution in [0, 0.1) is 6.92 Å². The molecule has 0 heterocycles. The van der Waals surface area contributed by atoms with E-state index < -0.39 is 0 Å². The van der Waals surface area contributed by atoms with E-state index in [0.717, 1.165) is 6.54 Å². The number of aryl methyl sites for hydroxylation is 1. The van der Waals surface area contributed by atoms with Crippen molar-refractivity contribution in [2.45, 2.75) is 26.4 Å². The van der Waals surface area contributed by atoms with Crippen molar-refractivity contribution in [1.82, 2.24) is 0 Å². The lowest BCUT2D eigenvalue weighted by molar-refractivity contribution is 0.817. The van der Waals surface area contributed by atoms with Gasteiger partial charge in [0.15, 0.2) is 0 Å². The van der Waals surface area contributed by atoms with Gasteiger partial charge in [-0.15, -0.1) is 0 Å². The molecule has 0 spiro atoms. The molecule has 19 heavy (non-hydrogen) atoms. The number of rotatable bonds is 4. The lowest BCUT2D eigenvalue weighted by Gasteiger charge is -2.20. The lowest BCUT2D eigenvalue weighted by Crippen LogP contribution is -2.16. The topological polar surface area (TPSA) is 29.3 Å². The van der Waals surface area contributed by atoms with Gasteiger partial charge in [0.05, 0.1) is 0 Å². The minimum atomic E-state index is 0.0939. The fourth-order valence-corrected chi connectivity index (χ4v) is 2.09. The Balaban J connectivity index is 2.07. The van der Waals surface area contributed by atoms with Gasteiger partial charge in [-0.3, -0.25) is 0 Å². The molecule has 1 atom stereocenters. The molecule has 0 aromatic heterocycles. The van der Waals surface area contributed by atoms with Crippen molar-refractivity contribution in [2.24, 2.45) is 5.73 Å². The van der Waals surface area contributed by atoms with Crippen LogP contribution in [0.4, 0.5) is 5.69 Å². The van der Waals surface area contributed by atoms with E-state index in [9.17, 15) is 0 Å². The highest BCUT2D eigenvalue weighted by Crippen LogP contribution is 2.19. The van der Waals surface area contributed by atoms with E-state index in [-0.39, 0.29) is 6.04 Å². The number of nitrogens with zero attached hydrogens (tertiary/aromatic N) is 1. The Bertz CT molecular complexity index is 512. The van der Waals surface area contributed by atoms with Gasteiger partial charge in [-0.1, -0.05) is 42.0 Å². The molecule has 0 bridgehead atoms. The minimum absolute atomic E-state index is 0.0939. The summed E-state index contributed by atoms with van der Waals surface area (Å²) in [5.74, 6) is 0. The molecule has 2 N–H and O–H groups in total. The first-order valence-electron chi connectivity index (χ1n) is 6.68. The molecular weight excluding hydrogens is 232 g/mol. The molecule has 0 aliphatic carbocycles. The molecule has 0 aliphatic rings. The number of hydrogen-bond acceptors (Lipinski definition) is 2. The predicted octanol–water partition coefficient (Wildman–Crippen LogP) is 3.65. The molecular formula is C17H22N2. The summed E-state index contributed by atoms with van der Waals surface area (Å²) < 4.78 is 0. The fourth-order valence-electron chi connectivity index (χ4n) is 2.09. The zero-order valence-corrected chi connectivity index (χ0v) is 11.9. The van der Waals surface area contributed by atoms with Crippen LogP contribution in [-0.2, 0) is 6.54 Å². The van der Waals surface area contributed by atoms with E-state index in [4.69, 9.17) is 5.73 Å². The summed E-state index contributed by atoms with van der Waals surface area (Å²) in [7, 11) is 2.11. The van der Waals surface area contributed by atoms with Crippen LogP contribution in [0.5, 0.6) is 0 Å². The highest BCUT2D eigenvalue weighted by molar-refractivity contribution is 5.47. The third-order valence-electron chi connectivity index (χ3n) is 3.40. The zero-order valence-electron chi connectivity index (χ0n) is 11.9. The second-order valence-corrected chi connectivity index (χ2v) is 5.22. The third-order valence-corrected chi connectivity index (χ3v) is 3.40. The largest absolute Gasteiger partial charge is 0.370 e. The SMILES string of the molecule is Cc1ccc(CN(C)c2ccc([C@@H](C)N)cc2)cc1. The van der Waals surface area contributed by atoms with Crippen LogP contribution in [0.25, 0.3) is 0 Å². The first kappa shape index (κ1) is 13.6. The van der Waals surface area contributed by atoms with Crippen LogP contribution < -0.4 is 10.6 Å². The predicted molar refractivity (Wildman–Crippen MR) is 82.3 cm³/mol. The van der Waals surface area contributed by atoms with Gasteiger partial charge < -0.3 is 10.6 Å². The maximum atomic E-state index is 5.86. The molecule has 0 saturated heterocycles. The third kappa shape index (κ3) is 3.58. The van der Waals surface area contributed by atoms with Crippen LogP contribution in [0.15, 0.2) is 48.5 Å². The number of hydrogen-bond donors (Lipinski definition) is 1. The van der Waals surface area contributed by atoms with E-state index in [2.05, 4.69) is 67.4 Å². The first-order valence-corrected chi connectivity index (χ1v) is 6.68. The van der Waals surface area contributed by atoms with E-state index in [1.54, 1.807) is 0 Å². The van der Waals surface area contributed by atoms with Crippen LogP contribution in [0.1, 0.15) is 29.7 Å². The Labute approximate surface area is 115 Å². The van der Waals surface area contributed by atoms with Crippen molar-refractivity contribution >= 4 is 5.69 Å². The van der Waals surface area contributed by atoms with Gasteiger partial charge in [0.1, 0.15) is 0 Å². The molecule has 0 amide bonds. The summed E-state index contributed by atoms with van der Waals surface area (Å²) in [4.78, 5) is 2.25. The molecule has 2 heteroatoms. The highest BCUT2D eigenvalue weighted by Gasteiger charge is 2.04. The number of nitrogens with two attached hydrogens (primary N) is 1. The molecule has 2 rings (SSSR count). The molecule has 100 valence electrons. The van der Waals surface area contributed by atoms with E-state index >= 15 is 0 Å².